The molecular weight excluding hydrogens is 556 g/mol. The first kappa shape index (κ1) is 36.3. The Hall–Kier alpha value is -3.88. The zero-order chi connectivity index (χ0) is 33.0. The van der Waals surface area contributed by atoms with Gasteiger partial charge < -0.3 is 26.0 Å². The molecular formula is C35H52N4O5. The number of nitrogens with zero attached hydrogens (tertiary/aromatic N) is 1. The van der Waals surface area contributed by atoms with Gasteiger partial charge >= 0.3 is 6.09 Å². The molecule has 2 unspecified atom stereocenters. The molecule has 0 aromatic heterocycles. The van der Waals surface area contributed by atoms with Crippen LogP contribution in [0, 0.1) is 27.7 Å². The first-order chi connectivity index (χ1) is 20.7. The summed E-state index contributed by atoms with van der Waals surface area (Å²) in [6.45, 7) is 15.4. The lowest BCUT2D eigenvalue weighted by Crippen LogP contribution is -2.53. The third-order valence-corrected chi connectivity index (χ3v) is 7.68. The van der Waals surface area contributed by atoms with E-state index in [9.17, 15) is 19.2 Å². The Bertz CT molecular complexity index is 1280. The van der Waals surface area contributed by atoms with Crippen LogP contribution in [0.15, 0.2) is 36.4 Å². The van der Waals surface area contributed by atoms with Crippen LogP contribution in [0.25, 0.3) is 0 Å². The summed E-state index contributed by atoms with van der Waals surface area (Å²) in [5.41, 5.74) is 9.74. The number of benzene rings is 2. The van der Waals surface area contributed by atoms with Gasteiger partial charge in [-0.25, -0.2) is 4.79 Å². The number of primary amides is 1. The summed E-state index contributed by atoms with van der Waals surface area (Å²) in [5, 5.41) is 5.78. The summed E-state index contributed by atoms with van der Waals surface area (Å²) in [6, 6.07) is 9.38. The minimum Gasteiger partial charge on any atom is -0.444 e. The van der Waals surface area contributed by atoms with E-state index in [4.69, 9.17) is 10.5 Å². The van der Waals surface area contributed by atoms with Gasteiger partial charge in [-0.05, 0) is 89.1 Å². The van der Waals surface area contributed by atoms with Crippen molar-refractivity contribution in [1.82, 2.24) is 10.2 Å². The van der Waals surface area contributed by atoms with Crippen LogP contribution < -0.4 is 16.4 Å². The minimum atomic E-state index is -1.13. The number of rotatable bonds is 15. The van der Waals surface area contributed by atoms with Crippen LogP contribution in [0.5, 0.6) is 0 Å². The Balaban J connectivity index is 2.65. The van der Waals surface area contributed by atoms with Gasteiger partial charge in [0.15, 0.2) is 0 Å². The van der Waals surface area contributed by atoms with Gasteiger partial charge in [0.1, 0.15) is 17.7 Å². The van der Waals surface area contributed by atoms with Gasteiger partial charge in [0.2, 0.25) is 11.8 Å². The SMILES string of the molecule is CCCCCCCN(C(=O)C(CCC(N)=O)NC(=O)OC(C)(C)C)C(C(=O)Nc1c(C)cccc1C)c1cccc(C)c1C. The topological polar surface area (TPSA) is 131 Å². The molecule has 0 radical (unpaired) electrons. The molecule has 4 N–H and O–H groups in total. The molecule has 2 aromatic rings. The third kappa shape index (κ3) is 11.0. The number of ether oxygens (including phenoxy) is 1. The van der Waals surface area contributed by atoms with Crippen molar-refractivity contribution in [2.75, 3.05) is 11.9 Å². The van der Waals surface area contributed by atoms with Crippen LogP contribution in [-0.2, 0) is 19.1 Å². The molecule has 0 aliphatic carbocycles. The van der Waals surface area contributed by atoms with Gasteiger partial charge in [0.25, 0.3) is 5.91 Å². The highest BCUT2D eigenvalue weighted by Gasteiger charge is 2.37. The Kier molecular flexibility index (Phi) is 13.9. The first-order valence-electron chi connectivity index (χ1n) is 15.7. The average Bonchev–Trinajstić information content (AvgIpc) is 2.93. The molecule has 242 valence electrons. The maximum atomic E-state index is 14.5. The summed E-state index contributed by atoms with van der Waals surface area (Å²) < 4.78 is 5.45. The van der Waals surface area contributed by atoms with Crippen LogP contribution in [-0.4, -0.2) is 46.9 Å². The fourth-order valence-electron chi connectivity index (χ4n) is 5.17. The van der Waals surface area contributed by atoms with Crippen molar-refractivity contribution in [1.29, 1.82) is 0 Å². The van der Waals surface area contributed by atoms with Gasteiger partial charge in [-0.15, -0.1) is 0 Å². The van der Waals surface area contributed by atoms with Crippen molar-refractivity contribution in [3.8, 4) is 0 Å². The van der Waals surface area contributed by atoms with Crippen LogP contribution in [0.1, 0.15) is 106 Å². The lowest BCUT2D eigenvalue weighted by Gasteiger charge is -2.35. The van der Waals surface area contributed by atoms with E-state index in [0.29, 0.717) is 17.7 Å². The molecule has 44 heavy (non-hydrogen) atoms. The maximum absolute atomic E-state index is 14.5. The maximum Gasteiger partial charge on any atom is 0.408 e. The first-order valence-corrected chi connectivity index (χ1v) is 15.7. The highest BCUT2D eigenvalue weighted by atomic mass is 16.6. The van der Waals surface area contributed by atoms with Crippen LogP contribution in [0.2, 0.25) is 0 Å². The number of nitrogens with two attached hydrogens (primary N) is 1. The van der Waals surface area contributed by atoms with Gasteiger partial charge in [-0.1, -0.05) is 69.0 Å². The number of para-hydroxylation sites is 1. The van der Waals surface area contributed by atoms with Crippen molar-refractivity contribution >= 4 is 29.5 Å². The lowest BCUT2D eigenvalue weighted by atomic mass is 9.94. The second-order valence-corrected chi connectivity index (χ2v) is 12.6. The summed E-state index contributed by atoms with van der Waals surface area (Å²) in [4.78, 5) is 55.1. The Morgan fingerprint density at radius 3 is 2.07 bits per heavy atom. The number of unbranched alkanes of at least 4 members (excludes halogenated alkanes) is 4. The van der Waals surface area contributed by atoms with E-state index in [1.54, 1.807) is 25.7 Å². The van der Waals surface area contributed by atoms with Gasteiger partial charge in [0, 0.05) is 18.7 Å². The second-order valence-electron chi connectivity index (χ2n) is 12.6. The summed E-state index contributed by atoms with van der Waals surface area (Å²) >= 11 is 0. The van der Waals surface area contributed by atoms with Crippen LogP contribution in [0.4, 0.5) is 10.5 Å². The molecule has 2 aromatic carbocycles. The van der Waals surface area contributed by atoms with Crippen molar-refractivity contribution in [3.63, 3.8) is 0 Å². The molecule has 0 heterocycles. The number of hydrogen-bond acceptors (Lipinski definition) is 5. The zero-order valence-corrected chi connectivity index (χ0v) is 27.8. The molecule has 0 spiro atoms. The van der Waals surface area contributed by atoms with E-state index < -0.39 is 35.6 Å². The van der Waals surface area contributed by atoms with Gasteiger partial charge in [-0.2, -0.15) is 0 Å². The molecule has 0 aliphatic heterocycles. The highest BCUT2D eigenvalue weighted by Crippen LogP contribution is 2.31. The molecule has 2 rings (SSSR count). The monoisotopic (exact) mass is 608 g/mol. The normalized spacial score (nSPS) is 12.6. The van der Waals surface area contributed by atoms with Crippen LogP contribution in [0.3, 0.4) is 0 Å². The predicted octanol–water partition coefficient (Wildman–Crippen LogP) is 6.56. The molecule has 0 aliphatic rings. The number of hydrogen-bond donors (Lipinski definition) is 3. The largest absolute Gasteiger partial charge is 0.444 e. The summed E-state index contributed by atoms with van der Waals surface area (Å²) in [6.07, 6.45) is 3.75. The smallest absolute Gasteiger partial charge is 0.408 e. The number of nitrogens with one attached hydrogen (secondary N) is 2. The van der Waals surface area contributed by atoms with E-state index in [-0.39, 0.29) is 25.3 Å². The zero-order valence-electron chi connectivity index (χ0n) is 27.8. The fraction of sp³-hybridized carbons (Fsp3) is 0.543. The molecule has 9 heteroatoms. The summed E-state index contributed by atoms with van der Waals surface area (Å²) in [7, 11) is 0. The van der Waals surface area contributed by atoms with Gasteiger partial charge in [-0.3, -0.25) is 14.4 Å². The molecule has 2 atom stereocenters. The van der Waals surface area contributed by atoms with Crippen molar-refractivity contribution in [2.45, 2.75) is 118 Å². The molecule has 0 saturated carbocycles. The molecule has 0 fully saturated rings. The van der Waals surface area contributed by atoms with E-state index in [2.05, 4.69) is 17.6 Å². The number of aryl methyl sites for hydroxylation is 3. The number of carbonyl (C=O) groups is 4. The second kappa shape index (κ2) is 16.8. The highest BCUT2D eigenvalue weighted by molar-refractivity contribution is 6.00. The van der Waals surface area contributed by atoms with Gasteiger partial charge in [0.05, 0.1) is 0 Å². The molecule has 9 nitrogen and oxygen atoms in total. The predicted molar refractivity (Wildman–Crippen MR) is 175 cm³/mol. The minimum absolute atomic E-state index is 0.0300. The van der Waals surface area contributed by atoms with E-state index in [1.807, 2.05) is 64.1 Å². The van der Waals surface area contributed by atoms with E-state index >= 15 is 0 Å². The quantitative estimate of drug-likeness (QED) is 0.197. The lowest BCUT2D eigenvalue weighted by molar-refractivity contribution is -0.141. The Labute approximate surface area is 263 Å². The van der Waals surface area contributed by atoms with E-state index in [1.165, 1.54) is 0 Å². The number of carbonyl (C=O) groups excluding carboxylic acids is 4. The molecule has 4 amide bonds. The Morgan fingerprint density at radius 1 is 0.886 bits per heavy atom. The third-order valence-electron chi connectivity index (χ3n) is 7.68. The van der Waals surface area contributed by atoms with Crippen molar-refractivity contribution in [2.24, 2.45) is 5.73 Å². The van der Waals surface area contributed by atoms with Crippen molar-refractivity contribution in [3.05, 3.63) is 64.2 Å². The van der Waals surface area contributed by atoms with E-state index in [0.717, 1.165) is 47.9 Å². The van der Waals surface area contributed by atoms with Crippen LogP contribution >= 0.6 is 0 Å². The number of amides is 4. The fourth-order valence-corrected chi connectivity index (χ4v) is 5.17. The molecule has 0 saturated heterocycles. The molecule has 0 bridgehead atoms. The summed E-state index contributed by atoms with van der Waals surface area (Å²) in [5.74, 6) is -1.43. The standard InChI is InChI=1S/C35H52N4O5/c1-9-10-11-12-13-22-39(33(42)28(20-21-29(36)40)37-34(43)44-35(6,7)8)31(27-19-15-16-23(2)26(27)5)32(41)38-30-24(3)17-14-18-25(30)4/h14-19,28,31H,9-13,20-22H2,1-8H3,(H2,36,40)(H,37,43)(H,38,41). The Morgan fingerprint density at radius 2 is 1.48 bits per heavy atom. The van der Waals surface area contributed by atoms with Crippen molar-refractivity contribution < 1.29 is 23.9 Å². The number of alkyl carbamates (subject to hydrolysis) is 1. The average molecular weight is 609 g/mol. The number of anilines is 1.